The molecule has 7 heteroatoms. The number of benzene rings is 1. The largest absolute Gasteiger partial charge is 0.376 e. The smallest absolute Gasteiger partial charge is 0.229 e. The predicted octanol–water partition coefficient (Wildman–Crippen LogP) is 3.11. The van der Waals surface area contributed by atoms with E-state index in [0.717, 1.165) is 68.9 Å². The van der Waals surface area contributed by atoms with Crippen molar-refractivity contribution in [1.82, 2.24) is 19.4 Å². The van der Waals surface area contributed by atoms with Gasteiger partial charge in [-0.3, -0.25) is 0 Å². The molecule has 152 valence electrons. The summed E-state index contributed by atoms with van der Waals surface area (Å²) in [6.45, 7) is 6.02. The fourth-order valence-corrected chi connectivity index (χ4v) is 4.16. The van der Waals surface area contributed by atoms with E-state index >= 15 is 0 Å². The molecule has 29 heavy (non-hydrogen) atoms. The minimum atomic E-state index is 0.289. The van der Waals surface area contributed by atoms with E-state index in [2.05, 4.69) is 68.2 Å². The second kappa shape index (κ2) is 8.00. The summed E-state index contributed by atoms with van der Waals surface area (Å²) in [6.07, 6.45) is 6.53. The van der Waals surface area contributed by atoms with E-state index in [1.54, 1.807) is 0 Å². The predicted molar refractivity (Wildman–Crippen MR) is 116 cm³/mol. The Morgan fingerprint density at radius 3 is 2.90 bits per heavy atom. The van der Waals surface area contributed by atoms with Crippen LogP contribution in [0.3, 0.4) is 0 Å². The van der Waals surface area contributed by atoms with Crippen molar-refractivity contribution in [2.75, 3.05) is 50.1 Å². The average molecular weight is 393 g/mol. The average Bonchev–Trinajstić information content (AvgIpc) is 3.39. The number of likely N-dealkylation sites (N-methyl/N-ethyl adjacent to an activating group) is 1. The summed E-state index contributed by atoms with van der Waals surface area (Å²) in [5.74, 6) is 0.625. The van der Waals surface area contributed by atoms with Crippen LogP contribution in [0.15, 0.2) is 42.7 Å². The van der Waals surface area contributed by atoms with Gasteiger partial charge in [-0.15, -0.1) is 0 Å². The number of ether oxygens (including phenoxy) is 1. The van der Waals surface area contributed by atoms with E-state index in [1.165, 1.54) is 5.69 Å². The van der Waals surface area contributed by atoms with Crippen LogP contribution >= 0.6 is 0 Å². The summed E-state index contributed by atoms with van der Waals surface area (Å²) in [4.78, 5) is 14.1. The van der Waals surface area contributed by atoms with Gasteiger partial charge in [0.15, 0.2) is 0 Å². The van der Waals surface area contributed by atoms with Gasteiger partial charge >= 0.3 is 0 Å². The Labute approximate surface area is 171 Å². The van der Waals surface area contributed by atoms with E-state index in [0.29, 0.717) is 5.95 Å². The highest BCUT2D eigenvalue weighted by molar-refractivity contribution is 5.77. The molecule has 0 saturated carbocycles. The van der Waals surface area contributed by atoms with Crippen LogP contribution in [0.5, 0.6) is 0 Å². The topological polar surface area (TPSA) is 58.5 Å². The van der Waals surface area contributed by atoms with E-state index in [-0.39, 0.29) is 6.10 Å². The fraction of sp³-hybridized carbons (Fsp3) is 0.455. The highest BCUT2D eigenvalue weighted by Gasteiger charge is 2.18. The summed E-state index contributed by atoms with van der Waals surface area (Å²) >= 11 is 0. The Morgan fingerprint density at radius 1 is 1.17 bits per heavy atom. The van der Waals surface area contributed by atoms with Gasteiger partial charge in [-0.1, -0.05) is 6.07 Å². The van der Waals surface area contributed by atoms with Gasteiger partial charge < -0.3 is 24.4 Å². The highest BCUT2D eigenvalue weighted by Crippen LogP contribution is 2.24. The second-order valence-electron chi connectivity index (χ2n) is 8.04. The first kappa shape index (κ1) is 18.4. The molecular formula is C22H28N6O. The first-order valence-electron chi connectivity index (χ1n) is 10.5. The lowest BCUT2D eigenvalue weighted by Gasteiger charge is -2.34. The summed E-state index contributed by atoms with van der Waals surface area (Å²) in [6, 6.07) is 10.6. The van der Waals surface area contributed by atoms with Crippen molar-refractivity contribution >= 4 is 28.4 Å². The van der Waals surface area contributed by atoms with Crippen molar-refractivity contribution in [2.24, 2.45) is 0 Å². The molecule has 1 N–H and O–H groups in total. The minimum Gasteiger partial charge on any atom is -0.376 e. The normalized spacial score (nSPS) is 20.4. The zero-order valence-electron chi connectivity index (χ0n) is 16.9. The monoisotopic (exact) mass is 392 g/mol. The van der Waals surface area contributed by atoms with Gasteiger partial charge in [0.1, 0.15) is 5.65 Å². The third kappa shape index (κ3) is 4.06. The number of piperazine rings is 1. The number of hydrogen-bond acceptors (Lipinski definition) is 6. The standard InChI is InChI=1S/C22H28N6O/c1-26-9-11-27(12-10-26)19-5-2-4-18(14-19)24-22-23-15-17-7-8-28(21(17)25-22)16-20-6-3-13-29-20/h2,4-5,7-8,14-15,20H,3,6,9-13,16H2,1H3,(H,23,24,25). The molecule has 1 unspecified atom stereocenters. The van der Waals surface area contributed by atoms with Crippen molar-refractivity contribution in [3.8, 4) is 0 Å². The summed E-state index contributed by atoms with van der Waals surface area (Å²) in [7, 11) is 2.18. The van der Waals surface area contributed by atoms with Crippen LogP contribution in [0, 0.1) is 0 Å². The number of fused-ring (bicyclic) bond motifs is 1. The second-order valence-corrected chi connectivity index (χ2v) is 8.04. The van der Waals surface area contributed by atoms with Gasteiger partial charge in [0, 0.05) is 61.9 Å². The number of aromatic nitrogens is 3. The van der Waals surface area contributed by atoms with Gasteiger partial charge in [0.25, 0.3) is 0 Å². The molecule has 2 fully saturated rings. The molecule has 2 aliphatic rings. The van der Waals surface area contributed by atoms with Crippen molar-refractivity contribution in [3.05, 3.63) is 42.7 Å². The fourth-order valence-electron chi connectivity index (χ4n) is 4.16. The lowest BCUT2D eigenvalue weighted by atomic mass is 10.2. The lowest BCUT2D eigenvalue weighted by molar-refractivity contribution is 0.0979. The summed E-state index contributed by atoms with van der Waals surface area (Å²) < 4.78 is 7.97. The Hall–Kier alpha value is -2.64. The molecule has 5 rings (SSSR count). The Kier molecular flexibility index (Phi) is 5.08. The van der Waals surface area contributed by atoms with Crippen LogP contribution in [0.1, 0.15) is 12.8 Å². The van der Waals surface area contributed by atoms with Crippen molar-refractivity contribution < 1.29 is 4.74 Å². The molecule has 2 aromatic heterocycles. The molecule has 0 bridgehead atoms. The van der Waals surface area contributed by atoms with E-state index in [9.17, 15) is 0 Å². The molecular weight excluding hydrogens is 364 g/mol. The van der Waals surface area contributed by atoms with Crippen LogP contribution < -0.4 is 10.2 Å². The molecule has 0 spiro atoms. The number of rotatable bonds is 5. The molecule has 1 atom stereocenters. The first-order chi connectivity index (χ1) is 14.2. The molecule has 7 nitrogen and oxygen atoms in total. The zero-order chi connectivity index (χ0) is 19.6. The molecule has 1 aromatic carbocycles. The maximum Gasteiger partial charge on any atom is 0.229 e. The van der Waals surface area contributed by atoms with Crippen LogP contribution in [-0.2, 0) is 11.3 Å². The van der Waals surface area contributed by atoms with Crippen molar-refractivity contribution in [2.45, 2.75) is 25.5 Å². The Morgan fingerprint density at radius 2 is 2.07 bits per heavy atom. The number of anilines is 3. The van der Waals surface area contributed by atoms with E-state index < -0.39 is 0 Å². The minimum absolute atomic E-state index is 0.289. The molecule has 2 saturated heterocycles. The third-order valence-electron chi connectivity index (χ3n) is 5.90. The quantitative estimate of drug-likeness (QED) is 0.720. The van der Waals surface area contributed by atoms with E-state index in [1.807, 2.05) is 6.20 Å². The van der Waals surface area contributed by atoms with Gasteiger partial charge in [-0.05, 0) is 44.2 Å². The van der Waals surface area contributed by atoms with Gasteiger partial charge in [0.05, 0.1) is 12.6 Å². The zero-order valence-corrected chi connectivity index (χ0v) is 16.9. The maximum atomic E-state index is 5.79. The van der Waals surface area contributed by atoms with Crippen molar-refractivity contribution in [1.29, 1.82) is 0 Å². The highest BCUT2D eigenvalue weighted by atomic mass is 16.5. The third-order valence-corrected chi connectivity index (χ3v) is 5.90. The molecule has 4 heterocycles. The van der Waals surface area contributed by atoms with E-state index in [4.69, 9.17) is 9.72 Å². The molecule has 0 amide bonds. The molecule has 0 aliphatic carbocycles. The molecule has 0 radical (unpaired) electrons. The number of hydrogen-bond donors (Lipinski definition) is 1. The Balaban J connectivity index is 1.34. The van der Waals surface area contributed by atoms with Crippen molar-refractivity contribution in [3.63, 3.8) is 0 Å². The SMILES string of the molecule is CN1CCN(c2cccc(Nc3ncc4ccn(CC5CCCO5)c4n3)c2)CC1. The Bertz CT molecular complexity index is 972. The van der Waals surface area contributed by atoms with Crippen LogP contribution in [0.4, 0.5) is 17.3 Å². The maximum absolute atomic E-state index is 5.79. The van der Waals surface area contributed by atoms with Gasteiger partial charge in [-0.2, -0.15) is 4.98 Å². The van der Waals surface area contributed by atoms with Gasteiger partial charge in [-0.25, -0.2) is 4.98 Å². The van der Waals surface area contributed by atoms with Crippen LogP contribution in [-0.4, -0.2) is 65.4 Å². The molecule has 3 aromatic rings. The summed E-state index contributed by atoms with van der Waals surface area (Å²) in [5.41, 5.74) is 3.21. The number of nitrogens with zero attached hydrogens (tertiary/aromatic N) is 5. The first-order valence-corrected chi connectivity index (χ1v) is 10.5. The van der Waals surface area contributed by atoms with Gasteiger partial charge in [0.2, 0.25) is 5.95 Å². The lowest BCUT2D eigenvalue weighted by Crippen LogP contribution is -2.44. The molecule has 2 aliphatic heterocycles. The summed E-state index contributed by atoms with van der Waals surface area (Å²) in [5, 5.41) is 4.45. The van der Waals surface area contributed by atoms with Crippen LogP contribution in [0.25, 0.3) is 11.0 Å². The number of nitrogens with one attached hydrogen (secondary N) is 1. The van der Waals surface area contributed by atoms with Crippen LogP contribution in [0.2, 0.25) is 0 Å².